The highest BCUT2D eigenvalue weighted by molar-refractivity contribution is 7.99. The lowest BCUT2D eigenvalue weighted by atomic mass is 10.2. The van der Waals surface area contributed by atoms with Gasteiger partial charge in [-0.3, -0.25) is 4.79 Å². The van der Waals surface area contributed by atoms with Gasteiger partial charge in [0.2, 0.25) is 0 Å². The summed E-state index contributed by atoms with van der Waals surface area (Å²) >= 11 is 1.35. The number of aromatic nitrogens is 4. The summed E-state index contributed by atoms with van der Waals surface area (Å²) in [5.74, 6) is 1.40. The van der Waals surface area contributed by atoms with Crippen molar-refractivity contribution in [3.05, 3.63) is 41.5 Å². The van der Waals surface area contributed by atoms with Gasteiger partial charge in [-0.05, 0) is 33.3 Å². The molecule has 27 heavy (non-hydrogen) atoms. The standard InChI is InChI=1S/C18H24N4O3S2/c1-5-7-21-14(4)19-20-18(21)26-10-17(23)16-9-12(2)22(13(16)3)15-6-8-27(24,25)11-15/h5,9,15H,1,6-8,10-11H2,2-4H3. The molecule has 0 N–H and O–H groups in total. The van der Waals surface area contributed by atoms with Gasteiger partial charge in [-0.15, -0.1) is 16.8 Å². The van der Waals surface area contributed by atoms with Crippen LogP contribution in [0.4, 0.5) is 0 Å². The maximum Gasteiger partial charge on any atom is 0.191 e. The fourth-order valence-corrected chi connectivity index (χ4v) is 6.19. The van der Waals surface area contributed by atoms with Crippen LogP contribution < -0.4 is 0 Å². The third-order valence-electron chi connectivity index (χ3n) is 4.90. The van der Waals surface area contributed by atoms with Crippen LogP contribution in [-0.4, -0.2) is 50.8 Å². The van der Waals surface area contributed by atoms with Gasteiger partial charge >= 0.3 is 0 Å². The Kier molecular flexibility index (Phi) is 5.62. The second-order valence-corrected chi connectivity index (χ2v) is 10.0. The summed E-state index contributed by atoms with van der Waals surface area (Å²) in [6.45, 7) is 10.0. The van der Waals surface area contributed by atoms with Crippen LogP contribution in [0.1, 0.15) is 40.0 Å². The zero-order valence-electron chi connectivity index (χ0n) is 15.8. The monoisotopic (exact) mass is 408 g/mol. The number of hydrogen-bond acceptors (Lipinski definition) is 6. The number of nitrogens with zero attached hydrogens (tertiary/aromatic N) is 4. The van der Waals surface area contributed by atoms with Crippen LogP contribution in [-0.2, 0) is 16.4 Å². The molecule has 0 spiro atoms. The van der Waals surface area contributed by atoms with Crippen molar-refractivity contribution in [2.75, 3.05) is 17.3 Å². The Balaban J connectivity index is 1.76. The van der Waals surface area contributed by atoms with Crippen molar-refractivity contribution in [3.8, 4) is 0 Å². The van der Waals surface area contributed by atoms with Crippen LogP contribution in [0.5, 0.6) is 0 Å². The Labute approximate surface area is 163 Å². The number of aryl methyl sites for hydroxylation is 2. The molecule has 146 valence electrons. The number of carbonyl (C=O) groups is 1. The van der Waals surface area contributed by atoms with Gasteiger partial charge in [-0.25, -0.2) is 8.42 Å². The van der Waals surface area contributed by atoms with Gasteiger partial charge in [0.15, 0.2) is 20.8 Å². The topological polar surface area (TPSA) is 86.8 Å². The fraction of sp³-hybridized carbons (Fsp3) is 0.500. The van der Waals surface area contributed by atoms with E-state index in [1.54, 1.807) is 6.08 Å². The highest BCUT2D eigenvalue weighted by Gasteiger charge is 2.31. The number of allylic oxidation sites excluding steroid dienone is 1. The second kappa shape index (κ2) is 7.63. The fourth-order valence-electron chi connectivity index (χ4n) is 3.62. The van der Waals surface area contributed by atoms with E-state index in [1.165, 1.54) is 11.8 Å². The minimum absolute atomic E-state index is 0.00557. The summed E-state index contributed by atoms with van der Waals surface area (Å²) in [6, 6.07) is 1.78. The lowest BCUT2D eigenvalue weighted by Crippen LogP contribution is -2.14. The zero-order chi connectivity index (χ0) is 19.8. The van der Waals surface area contributed by atoms with Gasteiger partial charge in [-0.2, -0.15) is 0 Å². The molecule has 9 heteroatoms. The van der Waals surface area contributed by atoms with Crippen LogP contribution >= 0.6 is 11.8 Å². The summed E-state index contributed by atoms with van der Waals surface area (Å²) in [7, 11) is -2.98. The number of ketones is 1. The molecule has 0 aromatic carbocycles. The summed E-state index contributed by atoms with van der Waals surface area (Å²) in [5, 5.41) is 8.88. The molecule has 1 aliphatic rings. The molecule has 7 nitrogen and oxygen atoms in total. The van der Waals surface area contributed by atoms with Gasteiger partial charge in [0.25, 0.3) is 0 Å². The summed E-state index contributed by atoms with van der Waals surface area (Å²) in [6.07, 6.45) is 2.37. The quantitative estimate of drug-likeness (QED) is 0.397. The first-order valence-electron chi connectivity index (χ1n) is 8.79. The van der Waals surface area contributed by atoms with E-state index in [4.69, 9.17) is 0 Å². The van der Waals surface area contributed by atoms with Crippen LogP contribution in [0.25, 0.3) is 0 Å². The number of sulfone groups is 1. The summed E-state index contributed by atoms with van der Waals surface area (Å²) < 4.78 is 27.6. The molecule has 1 saturated heterocycles. The molecular formula is C18H24N4O3S2. The van der Waals surface area contributed by atoms with Crippen LogP contribution in [0.2, 0.25) is 0 Å². The molecule has 2 aromatic rings. The molecule has 2 aromatic heterocycles. The highest BCUT2D eigenvalue weighted by atomic mass is 32.2. The van der Waals surface area contributed by atoms with Crippen LogP contribution in [0.15, 0.2) is 23.9 Å². The van der Waals surface area contributed by atoms with Crippen molar-refractivity contribution < 1.29 is 13.2 Å². The minimum atomic E-state index is -2.98. The first kappa shape index (κ1) is 19.9. The van der Waals surface area contributed by atoms with E-state index in [9.17, 15) is 13.2 Å². The smallest absolute Gasteiger partial charge is 0.191 e. The second-order valence-electron chi connectivity index (χ2n) is 6.85. The molecule has 1 aliphatic heterocycles. The van der Waals surface area contributed by atoms with E-state index >= 15 is 0 Å². The van der Waals surface area contributed by atoms with Gasteiger partial charge in [0.05, 0.1) is 17.3 Å². The van der Waals surface area contributed by atoms with Crippen molar-refractivity contribution in [2.24, 2.45) is 0 Å². The molecule has 0 bridgehead atoms. The average Bonchev–Trinajstić information content (AvgIpc) is 3.22. The van der Waals surface area contributed by atoms with Crippen LogP contribution in [0, 0.1) is 20.8 Å². The first-order valence-corrected chi connectivity index (χ1v) is 11.6. The van der Waals surface area contributed by atoms with Gasteiger partial charge < -0.3 is 9.13 Å². The third-order valence-corrected chi connectivity index (χ3v) is 7.62. The molecule has 1 unspecified atom stereocenters. The zero-order valence-corrected chi connectivity index (χ0v) is 17.4. The normalized spacial score (nSPS) is 18.7. The van der Waals surface area contributed by atoms with E-state index in [1.807, 2.05) is 36.0 Å². The molecule has 0 radical (unpaired) electrons. The number of carbonyl (C=O) groups excluding carboxylic acids is 1. The van der Waals surface area contributed by atoms with E-state index in [2.05, 4.69) is 16.8 Å². The third kappa shape index (κ3) is 4.03. The molecule has 3 rings (SSSR count). The molecule has 0 aliphatic carbocycles. The lowest BCUT2D eigenvalue weighted by Gasteiger charge is -2.16. The number of Topliss-reactive ketones (excluding diaryl/α,β-unsaturated/α-hetero) is 1. The van der Waals surface area contributed by atoms with E-state index < -0.39 is 9.84 Å². The maximum atomic E-state index is 12.8. The lowest BCUT2D eigenvalue weighted by molar-refractivity contribution is 0.102. The summed E-state index contributed by atoms with van der Waals surface area (Å²) in [4.78, 5) is 12.8. The molecule has 3 heterocycles. The van der Waals surface area contributed by atoms with Crippen molar-refractivity contribution in [3.63, 3.8) is 0 Å². The number of rotatable bonds is 7. The van der Waals surface area contributed by atoms with E-state index in [0.29, 0.717) is 23.7 Å². The van der Waals surface area contributed by atoms with Crippen molar-refractivity contribution in [1.29, 1.82) is 0 Å². The van der Waals surface area contributed by atoms with Gasteiger partial charge in [0, 0.05) is 29.5 Å². The maximum absolute atomic E-state index is 12.8. The molecule has 0 amide bonds. The largest absolute Gasteiger partial charge is 0.344 e. The Morgan fingerprint density at radius 1 is 1.37 bits per heavy atom. The SMILES string of the molecule is C=CCn1c(C)nnc1SCC(=O)c1cc(C)n(C2CCS(=O)(=O)C2)c1C. The Morgan fingerprint density at radius 3 is 2.74 bits per heavy atom. The first-order chi connectivity index (χ1) is 12.7. The Hall–Kier alpha value is -1.87. The van der Waals surface area contributed by atoms with E-state index in [-0.39, 0.29) is 29.1 Å². The van der Waals surface area contributed by atoms with E-state index in [0.717, 1.165) is 17.2 Å². The van der Waals surface area contributed by atoms with Crippen molar-refractivity contribution in [1.82, 2.24) is 19.3 Å². The molecule has 1 fully saturated rings. The molecular weight excluding hydrogens is 384 g/mol. The number of hydrogen-bond donors (Lipinski definition) is 0. The minimum Gasteiger partial charge on any atom is -0.344 e. The molecule has 0 saturated carbocycles. The highest BCUT2D eigenvalue weighted by Crippen LogP contribution is 2.30. The van der Waals surface area contributed by atoms with Gasteiger partial charge in [0.1, 0.15) is 5.82 Å². The van der Waals surface area contributed by atoms with Crippen LogP contribution in [0.3, 0.4) is 0 Å². The van der Waals surface area contributed by atoms with Crippen molar-refractivity contribution in [2.45, 2.75) is 44.9 Å². The predicted octanol–water partition coefficient (Wildman–Crippen LogP) is 2.53. The summed E-state index contributed by atoms with van der Waals surface area (Å²) in [5.41, 5.74) is 2.41. The Bertz CT molecular complexity index is 989. The Morgan fingerprint density at radius 2 is 2.11 bits per heavy atom. The number of thioether (sulfide) groups is 1. The molecule has 1 atom stereocenters. The van der Waals surface area contributed by atoms with Crippen molar-refractivity contribution >= 4 is 27.4 Å². The predicted molar refractivity (Wildman–Crippen MR) is 106 cm³/mol. The average molecular weight is 409 g/mol. The van der Waals surface area contributed by atoms with Gasteiger partial charge in [-0.1, -0.05) is 17.8 Å².